The average Bonchev–Trinajstić information content (AvgIpc) is 1.38. The van der Waals surface area contributed by atoms with Crippen LogP contribution in [0.5, 0.6) is 0 Å². The number of aliphatic hydroxyl groups excluding tert-OH is 1. The fraction of sp³-hybridized carbons (Fsp3) is 0.947. The van der Waals surface area contributed by atoms with Crippen molar-refractivity contribution in [2.75, 3.05) is 39.6 Å². The highest BCUT2D eigenvalue weighted by Gasteiger charge is 2.30. The average molecular weight is 1400 g/mol. The lowest BCUT2D eigenvalue weighted by Gasteiger charge is -2.21. The van der Waals surface area contributed by atoms with Gasteiger partial charge in [0, 0.05) is 25.7 Å². The molecule has 0 saturated heterocycles. The first kappa shape index (κ1) is 93.1. The number of hydrogen-bond donors (Lipinski definition) is 3. The molecule has 0 rings (SSSR count). The van der Waals surface area contributed by atoms with Gasteiger partial charge in [-0.25, -0.2) is 9.13 Å². The van der Waals surface area contributed by atoms with E-state index in [-0.39, 0.29) is 25.7 Å². The van der Waals surface area contributed by atoms with Crippen LogP contribution in [0.25, 0.3) is 0 Å². The van der Waals surface area contributed by atoms with Gasteiger partial charge in [-0.1, -0.05) is 337 Å². The standard InChI is InChI=1S/C76H148O17P2/c1-8-10-11-12-13-14-15-16-17-20-23-26-29-35-43-50-57-73(78)86-63-71(92-75(80)59-52-45-36-30-27-24-21-18-19-22-25-28-33-40-47-54-67(3)4)65-90-94(82,83)88-61-70(77)62-89-95(84,85)91-66-72(64-87-74(79)58-51-44-39-38-41-48-55-68(5)6)93-76(81)60-53-46-37-32-31-34-42-49-56-69(7)9-2/h67-72,77H,8-66H2,1-7H3,(H,82,83)(H,84,85)/t69?,70-,71-,72-/m1/s1. The molecule has 95 heavy (non-hydrogen) atoms. The van der Waals surface area contributed by atoms with Gasteiger partial charge in [-0.3, -0.25) is 37.3 Å². The van der Waals surface area contributed by atoms with Crippen LogP contribution in [0, 0.1) is 17.8 Å². The molecule has 0 aliphatic heterocycles. The Bertz CT molecular complexity index is 1850. The molecule has 0 aliphatic carbocycles. The molecule has 0 radical (unpaired) electrons. The van der Waals surface area contributed by atoms with Crippen LogP contribution in [0.15, 0.2) is 0 Å². The molecule has 17 nitrogen and oxygen atoms in total. The molecule has 6 atom stereocenters. The molecule has 0 aliphatic rings. The van der Waals surface area contributed by atoms with Crippen LogP contribution >= 0.6 is 15.6 Å². The molecule has 0 amide bonds. The number of aliphatic hydroxyl groups is 1. The third kappa shape index (κ3) is 69.0. The van der Waals surface area contributed by atoms with E-state index in [0.717, 1.165) is 108 Å². The first-order valence-corrected chi connectivity index (χ1v) is 42.4. The Kier molecular flexibility index (Phi) is 65.2. The van der Waals surface area contributed by atoms with Gasteiger partial charge in [0.15, 0.2) is 12.2 Å². The molecule has 0 aromatic heterocycles. The zero-order valence-electron chi connectivity index (χ0n) is 62.1. The highest BCUT2D eigenvalue weighted by Crippen LogP contribution is 2.45. The minimum Gasteiger partial charge on any atom is -0.462 e. The van der Waals surface area contributed by atoms with E-state index >= 15 is 0 Å². The third-order valence-electron chi connectivity index (χ3n) is 18.0. The number of carbonyl (C=O) groups excluding carboxylic acids is 4. The Morgan fingerprint density at radius 2 is 0.537 bits per heavy atom. The van der Waals surface area contributed by atoms with Crippen LogP contribution in [-0.2, 0) is 65.4 Å². The lowest BCUT2D eigenvalue weighted by molar-refractivity contribution is -0.161. The summed E-state index contributed by atoms with van der Waals surface area (Å²) in [7, 11) is -9.91. The molecule has 0 bridgehead atoms. The molecular weight excluding hydrogens is 1250 g/mol. The van der Waals surface area contributed by atoms with Crippen molar-refractivity contribution in [3.63, 3.8) is 0 Å². The number of phosphoric ester groups is 2. The summed E-state index contributed by atoms with van der Waals surface area (Å²) >= 11 is 0. The Balaban J connectivity index is 5.23. The predicted molar refractivity (Wildman–Crippen MR) is 386 cm³/mol. The van der Waals surface area contributed by atoms with Crippen LogP contribution in [0.1, 0.15) is 389 Å². The Morgan fingerprint density at radius 1 is 0.305 bits per heavy atom. The summed E-state index contributed by atoms with van der Waals surface area (Å²) in [6.07, 6.45) is 52.8. The molecule has 19 heteroatoms. The van der Waals surface area contributed by atoms with E-state index < -0.39 is 97.5 Å². The largest absolute Gasteiger partial charge is 0.472 e. The van der Waals surface area contributed by atoms with Gasteiger partial charge < -0.3 is 33.8 Å². The first-order valence-electron chi connectivity index (χ1n) is 39.4. The van der Waals surface area contributed by atoms with Crippen molar-refractivity contribution in [3.05, 3.63) is 0 Å². The monoisotopic (exact) mass is 1400 g/mol. The van der Waals surface area contributed by atoms with E-state index in [1.165, 1.54) is 193 Å². The van der Waals surface area contributed by atoms with Gasteiger partial charge in [0.1, 0.15) is 19.3 Å². The van der Waals surface area contributed by atoms with Gasteiger partial charge in [-0.05, 0) is 43.4 Å². The minimum absolute atomic E-state index is 0.104. The number of carbonyl (C=O) groups is 4. The maximum atomic E-state index is 13.1. The Hall–Kier alpha value is -1.94. The van der Waals surface area contributed by atoms with Crippen molar-refractivity contribution >= 4 is 39.5 Å². The van der Waals surface area contributed by atoms with Crippen LogP contribution < -0.4 is 0 Å². The number of rotatable bonds is 74. The van der Waals surface area contributed by atoms with Gasteiger partial charge in [0.05, 0.1) is 26.4 Å². The lowest BCUT2D eigenvalue weighted by Crippen LogP contribution is -2.30. The topological polar surface area (TPSA) is 237 Å². The second-order valence-corrected chi connectivity index (χ2v) is 31.5. The number of ether oxygens (including phenoxy) is 4. The smallest absolute Gasteiger partial charge is 0.462 e. The fourth-order valence-corrected chi connectivity index (χ4v) is 13.1. The van der Waals surface area contributed by atoms with Gasteiger partial charge in [0.2, 0.25) is 0 Å². The van der Waals surface area contributed by atoms with Gasteiger partial charge in [-0.15, -0.1) is 0 Å². The summed E-state index contributed by atoms with van der Waals surface area (Å²) < 4.78 is 68.5. The minimum atomic E-state index is -4.96. The predicted octanol–water partition coefficient (Wildman–Crippen LogP) is 22.2. The molecule has 0 fully saturated rings. The SMILES string of the molecule is CCCCCCCCCCCCCCCCCCC(=O)OC[C@H](COP(=O)(O)OC[C@@H](O)COP(=O)(O)OC[C@@H](COC(=O)CCCCCCCCC(C)C)OC(=O)CCCCCCCCCCC(C)CC)OC(=O)CCCCCCCCCCCCCCCCCC(C)C. The molecule has 564 valence electrons. The molecule has 0 aromatic carbocycles. The van der Waals surface area contributed by atoms with Crippen molar-refractivity contribution in [3.8, 4) is 0 Å². The van der Waals surface area contributed by atoms with E-state index in [4.69, 9.17) is 37.0 Å². The summed E-state index contributed by atoms with van der Waals surface area (Å²) in [5, 5.41) is 10.6. The van der Waals surface area contributed by atoms with Crippen molar-refractivity contribution in [2.24, 2.45) is 17.8 Å². The van der Waals surface area contributed by atoms with E-state index in [1.807, 2.05) is 0 Å². The number of phosphoric acid groups is 2. The van der Waals surface area contributed by atoms with Crippen molar-refractivity contribution < 1.29 is 80.2 Å². The van der Waals surface area contributed by atoms with Crippen molar-refractivity contribution in [1.82, 2.24) is 0 Å². The zero-order valence-corrected chi connectivity index (χ0v) is 63.9. The Morgan fingerprint density at radius 3 is 0.800 bits per heavy atom. The number of unbranched alkanes of at least 4 members (excludes halogenated alkanes) is 41. The molecule has 3 N–H and O–H groups in total. The summed E-state index contributed by atoms with van der Waals surface area (Å²) in [6, 6.07) is 0. The lowest BCUT2D eigenvalue weighted by atomic mass is 9.99. The molecule has 3 unspecified atom stereocenters. The van der Waals surface area contributed by atoms with Crippen LogP contribution in [0.2, 0.25) is 0 Å². The zero-order chi connectivity index (χ0) is 70.1. The van der Waals surface area contributed by atoms with E-state index in [9.17, 15) is 43.2 Å². The van der Waals surface area contributed by atoms with E-state index in [1.54, 1.807) is 0 Å². The number of esters is 4. The van der Waals surface area contributed by atoms with Crippen molar-refractivity contribution in [2.45, 2.75) is 407 Å². The molecule has 0 aromatic rings. The Labute approximate surface area is 581 Å². The van der Waals surface area contributed by atoms with Gasteiger partial charge >= 0.3 is 39.5 Å². The second-order valence-electron chi connectivity index (χ2n) is 28.6. The molecule has 0 saturated carbocycles. The highest BCUT2D eigenvalue weighted by molar-refractivity contribution is 7.47. The van der Waals surface area contributed by atoms with Gasteiger partial charge in [0.25, 0.3) is 0 Å². The van der Waals surface area contributed by atoms with E-state index in [2.05, 4.69) is 48.5 Å². The van der Waals surface area contributed by atoms with Crippen LogP contribution in [0.4, 0.5) is 0 Å². The number of hydrogen-bond acceptors (Lipinski definition) is 15. The van der Waals surface area contributed by atoms with Gasteiger partial charge in [-0.2, -0.15) is 0 Å². The first-order chi connectivity index (χ1) is 45.8. The summed E-state index contributed by atoms with van der Waals surface area (Å²) in [6.45, 7) is 11.8. The van der Waals surface area contributed by atoms with Crippen molar-refractivity contribution in [1.29, 1.82) is 0 Å². The van der Waals surface area contributed by atoms with Crippen LogP contribution in [-0.4, -0.2) is 96.7 Å². The fourth-order valence-electron chi connectivity index (χ4n) is 11.6. The molecular formula is C76H148O17P2. The summed E-state index contributed by atoms with van der Waals surface area (Å²) in [4.78, 5) is 72.8. The van der Waals surface area contributed by atoms with E-state index in [0.29, 0.717) is 31.6 Å². The maximum absolute atomic E-state index is 13.1. The second kappa shape index (κ2) is 66.6. The third-order valence-corrected chi connectivity index (χ3v) is 19.9. The maximum Gasteiger partial charge on any atom is 0.472 e. The normalized spacial score (nSPS) is 14.4. The van der Waals surface area contributed by atoms with Crippen LogP contribution in [0.3, 0.4) is 0 Å². The summed E-state index contributed by atoms with van der Waals surface area (Å²) in [5.41, 5.74) is 0. The highest BCUT2D eigenvalue weighted by atomic mass is 31.2. The summed E-state index contributed by atoms with van der Waals surface area (Å²) in [5.74, 6) is 0.131. The molecule has 0 spiro atoms. The quantitative estimate of drug-likeness (QED) is 0.0222. The molecule has 0 heterocycles.